The molecule has 0 bridgehead atoms. The Labute approximate surface area is 122 Å². The van der Waals surface area contributed by atoms with Crippen molar-refractivity contribution in [2.75, 3.05) is 7.05 Å². The van der Waals surface area contributed by atoms with Gasteiger partial charge in [-0.2, -0.15) is 0 Å². The molecule has 1 aromatic carbocycles. The van der Waals surface area contributed by atoms with Crippen LogP contribution in [0.3, 0.4) is 0 Å². The highest BCUT2D eigenvalue weighted by Gasteiger charge is 2.44. The van der Waals surface area contributed by atoms with Crippen LogP contribution in [0.5, 0.6) is 0 Å². The summed E-state index contributed by atoms with van der Waals surface area (Å²) in [4.78, 5) is 0.450. The first-order valence-electron chi connectivity index (χ1n) is 7.27. The normalized spacial score (nSPS) is 26.4. The number of nitrogens with one attached hydrogen (secondary N) is 1. The standard InChI is InChI=1S/C16H25NO2S/c1-12-7-9-13(10-8-12)20(18,19)14-6-5-11-16(2,3)15(14)17-4/h7-10,14-15,17H,5-6,11H2,1-4H3. The van der Waals surface area contributed by atoms with Gasteiger partial charge in [0.2, 0.25) is 0 Å². The minimum atomic E-state index is -3.27. The highest BCUT2D eigenvalue weighted by molar-refractivity contribution is 7.92. The van der Waals surface area contributed by atoms with Crippen molar-refractivity contribution in [3.63, 3.8) is 0 Å². The largest absolute Gasteiger partial charge is 0.315 e. The summed E-state index contributed by atoms with van der Waals surface area (Å²) >= 11 is 0. The van der Waals surface area contributed by atoms with Gasteiger partial charge in [0.05, 0.1) is 10.1 Å². The van der Waals surface area contributed by atoms with E-state index in [2.05, 4.69) is 19.2 Å². The molecule has 1 N–H and O–H groups in total. The lowest BCUT2D eigenvalue weighted by Crippen LogP contribution is -2.54. The van der Waals surface area contributed by atoms with E-state index in [1.807, 2.05) is 26.1 Å². The zero-order chi connectivity index (χ0) is 15.0. The predicted molar refractivity (Wildman–Crippen MR) is 82.6 cm³/mol. The second kappa shape index (κ2) is 5.49. The Morgan fingerprint density at radius 3 is 2.35 bits per heavy atom. The smallest absolute Gasteiger partial charge is 0.182 e. The molecule has 0 saturated heterocycles. The zero-order valence-electron chi connectivity index (χ0n) is 12.8. The Balaban J connectivity index is 2.39. The molecule has 1 fully saturated rings. The predicted octanol–water partition coefficient (Wildman–Crippen LogP) is 2.94. The van der Waals surface area contributed by atoms with Crippen LogP contribution in [0.2, 0.25) is 0 Å². The Morgan fingerprint density at radius 1 is 1.20 bits per heavy atom. The monoisotopic (exact) mass is 295 g/mol. The maximum atomic E-state index is 12.9. The Kier molecular flexibility index (Phi) is 4.26. The second-order valence-corrected chi connectivity index (χ2v) is 8.71. The maximum Gasteiger partial charge on any atom is 0.182 e. The van der Waals surface area contributed by atoms with E-state index in [4.69, 9.17) is 0 Å². The van der Waals surface area contributed by atoms with Crippen LogP contribution in [-0.2, 0) is 9.84 Å². The second-order valence-electron chi connectivity index (χ2n) is 6.54. The molecule has 1 aromatic rings. The number of sulfone groups is 1. The lowest BCUT2D eigenvalue weighted by molar-refractivity contribution is 0.178. The molecule has 3 nitrogen and oxygen atoms in total. The molecule has 0 heterocycles. The van der Waals surface area contributed by atoms with Crippen molar-refractivity contribution in [3.8, 4) is 0 Å². The summed E-state index contributed by atoms with van der Waals surface area (Å²) in [5.74, 6) is 0. The maximum absolute atomic E-state index is 12.9. The van der Waals surface area contributed by atoms with E-state index in [-0.39, 0.29) is 16.7 Å². The molecule has 2 atom stereocenters. The molecule has 1 aliphatic rings. The van der Waals surface area contributed by atoms with E-state index in [9.17, 15) is 8.42 Å². The van der Waals surface area contributed by atoms with Gasteiger partial charge in [0, 0.05) is 6.04 Å². The quantitative estimate of drug-likeness (QED) is 0.932. The van der Waals surface area contributed by atoms with Crippen LogP contribution in [0.25, 0.3) is 0 Å². The van der Waals surface area contributed by atoms with Gasteiger partial charge < -0.3 is 5.32 Å². The fourth-order valence-corrected chi connectivity index (χ4v) is 5.60. The molecule has 0 aromatic heterocycles. The van der Waals surface area contributed by atoms with E-state index >= 15 is 0 Å². The first-order valence-corrected chi connectivity index (χ1v) is 8.81. The van der Waals surface area contributed by atoms with Crippen LogP contribution >= 0.6 is 0 Å². The van der Waals surface area contributed by atoms with Crippen LogP contribution in [0, 0.1) is 12.3 Å². The summed E-state index contributed by atoms with van der Waals surface area (Å²) in [6, 6.07) is 7.21. The van der Waals surface area contributed by atoms with Crippen LogP contribution in [0.15, 0.2) is 29.2 Å². The summed E-state index contributed by atoms with van der Waals surface area (Å²) in [5, 5.41) is 2.92. The average Bonchev–Trinajstić information content (AvgIpc) is 2.37. The third-order valence-corrected chi connectivity index (χ3v) is 6.82. The topological polar surface area (TPSA) is 46.2 Å². The molecule has 20 heavy (non-hydrogen) atoms. The number of benzene rings is 1. The number of aryl methyl sites for hydroxylation is 1. The first-order chi connectivity index (χ1) is 9.29. The SMILES string of the molecule is CNC1C(S(=O)(=O)c2ccc(C)cc2)CCCC1(C)C. The van der Waals surface area contributed by atoms with Crippen molar-refractivity contribution < 1.29 is 8.42 Å². The summed E-state index contributed by atoms with van der Waals surface area (Å²) in [6.45, 7) is 6.28. The Bertz CT molecular complexity index is 561. The summed E-state index contributed by atoms with van der Waals surface area (Å²) < 4.78 is 25.8. The number of hydrogen-bond acceptors (Lipinski definition) is 3. The highest BCUT2D eigenvalue weighted by atomic mass is 32.2. The molecular formula is C16H25NO2S. The minimum absolute atomic E-state index is 0.00236. The molecule has 4 heteroatoms. The van der Waals surface area contributed by atoms with Crippen molar-refractivity contribution in [1.82, 2.24) is 5.32 Å². The zero-order valence-corrected chi connectivity index (χ0v) is 13.6. The van der Waals surface area contributed by atoms with Crippen LogP contribution in [-0.4, -0.2) is 26.8 Å². The van der Waals surface area contributed by atoms with Gasteiger partial charge in [0.1, 0.15) is 0 Å². The summed E-state index contributed by atoms with van der Waals surface area (Å²) in [6.07, 6.45) is 2.78. The summed E-state index contributed by atoms with van der Waals surface area (Å²) in [7, 11) is -1.40. The Hall–Kier alpha value is -0.870. The molecule has 2 unspecified atom stereocenters. The van der Waals surface area contributed by atoms with Crippen LogP contribution in [0.1, 0.15) is 38.7 Å². The van der Waals surface area contributed by atoms with E-state index in [0.29, 0.717) is 4.90 Å². The molecule has 1 saturated carbocycles. The van der Waals surface area contributed by atoms with Crippen LogP contribution in [0.4, 0.5) is 0 Å². The molecule has 2 rings (SSSR count). The van der Waals surface area contributed by atoms with Gasteiger partial charge in [-0.05, 0) is 44.4 Å². The van der Waals surface area contributed by atoms with Gasteiger partial charge in [0.15, 0.2) is 9.84 Å². The molecule has 0 spiro atoms. The average molecular weight is 295 g/mol. The third kappa shape index (κ3) is 2.77. The lowest BCUT2D eigenvalue weighted by atomic mass is 9.73. The number of hydrogen-bond donors (Lipinski definition) is 1. The molecular weight excluding hydrogens is 270 g/mol. The van der Waals surface area contributed by atoms with Gasteiger partial charge in [-0.1, -0.05) is 38.0 Å². The number of rotatable bonds is 3. The van der Waals surface area contributed by atoms with Crippen molar-refractivity contribution in [1.29, 1.82) is 0 Å². The van der Waals surface area contributed by atoms with Crippen molar-refractivity contribution >= 4 is 9.84 Å². The fourth-order valence-electron chi connectivity index (χ4n) is 3.40. The molecule has 1 aliphatic carbocycles. The third-order valence-electron chi connectivity index (χ3n) is 4.58. The van der Waals surface area contributed by atoms with E-state index in [0.717, 1.165) is 24.8 Å². The molecule has 0 aliphatic heterocycles. The lowest BCUT2D eigenvalue weighted by Gasteiger charge is -2.43. The van der Waals surface area contributed by atoms with Gasteiger partial charge in [-0.25, -0.2) is 8.42 Å². The first kappa shape index (κ1) is 15.5. The van der Waals surface area contributed by atoms with E-state index < -0.39 is 9.84 Å². The molecule has 112 valence electrons. The van der Waals surface area contributed by atoms with Gasteiger partial charge in [0.25, 0.3) is 0 Å². The van der Waals surface area contributed by atoms with E-state index in [1.54, 1.807) is 12.1 Å². The van der Waals surface area contributed by atoms with Gasteiger partial charge in [-0.3, -0.25) is 0 Å². The minimum Gasteiger partial charge on any atom is -0.315 e. The van der Waals surface area contributed by atoms with Crippen LogP contribution < -0.4 is 5.32 Å². The van der Waals surface area contributed by atoms with Crippen molar-refractivity contribution in [3.05, 3.63) is 29.8 Å². The van der Waals surface area contributed by atoms with Gasteiger partial charge in [-0.15, -0.1) is 0 Å². The van der Waals surface area contributed by atoms with E-state index in [1.165, 1.54) is 0 Å². The van der Waals surface area contributed by atoms with Gasteiger partial charge >= 0.3 is 0 Å². The fraction of sp³-hybridized carbons (Fsp3) is 0.625. The molecule has 0 radical (unpaired) electrons. The Morgan fingerprint density at radius 2 is 1.80 bits per heavy atom. The van der Waals surface area contributed by atoms with Crippen molar-refractivity contribution in [2.45, 2.75) is 56.2 Å². The molecule has 0 amide bonds. The summed E-state index contributed by atoms with van der Waals surface area (Å²) in [5.41, 5.74) is 1.09. The van der Waals surface area contributed by atoms with Crippen molar-refractivity contribution in [2.24, 2.45) is 5.41 Å². The highest BCUT2D eigenvalue weighted by Crippen LogP contribution is 2.40.